The van der Waals surface area contributed by atoms with Crippen LogP contribution in [0.2, 0.25) is 0 Å². The highest BCUT2D eigenvalue weighted by Gasteiger charge is 2.23. The molecule has 0 radical (unpaired) electrons. The van der Waals surface area contributed by atoms with E-state index in [0.29, 0.717) is 5.92 Å². The monoisotopic (exact) mass is 290 g/mol. The molecule has 72 valence electrons. The maximum Gasteiger partial charge on any atom is 0.0674 e. The lowest BCUT2D eigenvalue weighted by Crippen LogP contribution is -2.16. The van der Waals surface area contributed by atoms with Crippen molar-refractivity contribution in [3.63, 3.8) is 0 Å². The van der Waals surface area contributed by atoms with Crippen LogP contribution in [0.15, 0.2) is 12.3 Å². The van der Waals surface area contributed by atoms with Gasteiger partial charge in [0, 0.05) is 9.49 Å². The molecule has 2 nitrogen and oxygen atoms in total. The van der Waals surface area contributed by atoms with Crippen LogP contribution in [-0.4, -0.2) is 10.2 Å². The third-order valence-corrected chi connectivity index (χ3v) is 2.97. The van der Waals surface area contributed by atoms with Gasteiger partial charge in [-0.2, -0.15) is 10.2 Å². The molecule has 1 atom stereocenters. The topological polar surface area (TPSA) is 25.8 Å². The molecule has 3 heteroatoms. The van der Waals surface area contributed by atoms with Crippen LogP contribution in [0.3, 0.4) is 0 Å². The molecule has 0 saturated carbocycles. The summed E-state index contributed by atoms with van der Waals surface area (Å²) in [5.74, 6) is 0.440. The predicted octanol–water partition coefficient (Wildman–Crippen LogP) is 3.23. The van der Waals surface area contributed by atoms with Crippen molar-refractivity contribution in [1.82, 2.24) is 10.2 Å². The van der Waals surface area contributed by atoms with E-state index in [9.17, 15) is 0 Å². The van der Waals surface area contributed by atoms with E-state index in [-0.39, 0.29) is 5.41 Å². The summed E-state index contributed by atoms with van der Waals surface area (Å²) in [4.78, 5) is 0. The molecule has 0 amide bonds. The number of rotatable bonds is 1. The summed E-state index contributed by atoms with van der Waals surface area (Å²) in [5, 5.41) is 8.11. The minimum absolute atomic E-state index is 0.249. The highest BCUT2D eigenvalue weighted by atomic mass is 127. The number of nitrogens with zero attached hydrogens (tertiary/aromatic N) is 2. The van der Waals surface area contributed by atoms with Crippen LogP contribution >= 0.6 is 22.6 Å². The van der Waals surface area contributed by atoms with E-state index >= 15 is 0 Å². The molecule has 0 spiro atoms. The highest BCUT2D eigenvalue weighted by molar-refractivity contribution is 14.1. The van der Waals surface area contributed by atoms with E-state index in [1.165, 1.54) is 0 Å². The SMILES string of the molecule is CC(c1cc(I)cnn1)C(C)(C)C. The molecule has 0 aliphatic rings. The highest BCUT2D eigenvalue weighted by Crippen LogP contribution is 2.33. The maximum atomic E-state index is 4.15. The summed E-state index contributed by atoms with van der Waals surface area (Å²) in [6.45, 7) is 8.86. The first kappa shape index (κ1) is 10.9. The van der Waals surface area contributed by atoms with Gasteiger partial charge in [-0.3, -0.25) is 0 Å². The summed E-state index contributed by atoms with van der Waals surface area (Å²) in [6, 6.07) is 2.10. The average Bonchev–Trinajstić information content (AvgIpc) is 2.01. The van der Waals surface area contributed by atoms with Gasteiger partial charge in [-0.25, -0.2) is 0 Å². The second-order valence-electron chi connectivity index (χ2n) is 4.39. The van der Waals surface area contributed by atoms with Crippen LogP contribution in [0, 0.1) is 8.99 Å². The number of hydrogen-bond acceptors (Lipinski definition) is 2. The first-order valence-corrected chi connectivity index (χ1v) is 5.47. The standard InChI is InChI=1S/C10H15IN2/c1-7(10(2,3)4)9-5-8(11)6-12-13-9/h5-7H,1-4H3. The first-order chi connectivity index (χ1) is 5.91. The Morgan fingerprint density at radius 3 is 2.46 bits per heavy atom. The molecule has 1 unspecified atom stereocenters. The van der Waals surface area contributed by atoms with E-state index in [0.717, 1.165) is 9.26 Å². The maximum absolute atomic E-state index is 4.15. The Kier molecular flexibility index (Phi) is 3.27. The lowest BCUT2D eigenvalue weighted by Gasteiger charge is -2.26. The Labute approximate surface area is 93.3 Å². The van der Waals surface area contributed by atoms with Crippen molar-refractivity contribution < 1.29 is 0 Å². The van der Waals surface area contributed by atoms with Crippen molar-refractivity contribution in [2.75, 3.05) is 0 Å². The largest absolute Gasteiger partial charge is 0.158 e. The lowest BCUT2D eigenvalue weighted by molar-refractivity contribution is 0.332. The van der Waals surface area contributed by atoms with Crippen LogP contribution in [-0.2, 0) is 0 Å². The molecule has 0 aliphatic carbocycles. The normalized spacial score (nSPS) is 14.2. The van der Waals surface area contributed by atoms with E-state index in [4.69, 9.17) is 0 Å². The van der Waals surface area contributed by atoms with Crippen molar-refractivity contribution in [3.05, 3.63) is 21.5 Å². The predicted molar refractivity (Wildman–Crippen MR) is 62.6 cm³/mol. The Hall–Kier alpha value is -0.190. The first-order valence-electron chi connectivity index (χ1n) is 4.39. The quantitative estimate of drug-likeness (QED) is 0.742. The Morgan fingerprint density at radius 1 is 1.38 bits per heavy atom. The van der Waals surface area contributed by atoms with E-state index < -0.39 is 0 Å². The number of halogens is 1. The summed E-state index contributed by atoms with van der Waals surface area (Å²) in [6.07, 6.45) is 1.78. The Bertz CT molecular complexity index is 291. The van der Waals surface area contributed by atoms with Gasteiger partial charge in [-0.05, 0) is 34.1 Å². The van der Waals surface area contributed by atoms with Crippen LogP contribution < -0.4 is 0 Å². The average molecular weight is 290 g/mol. The molecule has 1 heterocycles. The van der Waals surface area contributed by atoms with Crippen molar-refractivity contribution >= 4 is 22.6 Å². The van der Waals surface area contributed by atoms with Crippen molar-refractivity contribution in [3.8, 4) is 0 Å². The summed E-state index contributed by atoms with van der Waals surface area (Å²) in [5.41, 5.74) is 1.33. The Morgan fingerprint density at radius 2 is 2.00 bits per heavy atom. The van der Waals surface area contributed by atoms with Gasteiger partial charge in [0.2, 0.25) is 0 Å². The van der Waals surface area contributed by atoms with Gasteiger partial charge in [-0.1, -0.05) is 27.7 Å². The second kappa shape index (κ2) is 3.90. The fraction of sp³-hybridized carbons (Fsp3) is 0.600. The minimum Gasteiger partial charge on any atom is -0.158 e. The van der Waals surface area contributed by atoms with Gasteiger partial charge in [-0.15, -0.1) is 0 Å². The lowest BCUT2D eigenvalue weighted by atomic mass is 9.80. The van der Waals surface area contributed by atoms with Crippen molar-refractivity contribution in [2.45, 2.75) is 33.6 Å². The second-order valence-corrected chi connectivity index (χ2v) is 5.63. The van der Waals surface area contributed by atoms with Gasteiger partial charge < -0.3 is 0 Å². The molecule has 0 fully saturated rings. The van der Waals surface area contributed by atoms with E-state index in [1.807, 2.05) is 0 Å². The molecule has 13 heavy (non-hydrogen) atoms. The molecular formula is C10H15IN2. The van der Waals surface area contributed by atoms with Crippen LogP contribution in [0.4, 0.5) is 0 Å². The number of hydrogen-bond donors (Lipinski definition) is 0. The van der Waals surface area contributed by atoms with Crippen LogP contribution in [0.5, 0.6) is 0 Å². The Balaban J connectivity index is 2.96. The third-order valence-electron chi connectivity index (χ3n) is 2.38. The molecular weight excluding hydrogens is 275 g/mol. The molecule has 1 aromatic heterocycles. The number of aromatic nitrogens is 2. The van der Waals surface area contributed by atoms with Crippen LogP contribution in [0.25, 0.3) is 0 Å². The van der Waals surface area contributed by atoms with Gasteiger partial charge >= 0.3 is 0 Å². The molecule has 0 saturated heterocycles. The van der Waals surface area contributed by atoms with Gasteiger partial charge in [0.05, 0.1) is 11.9 Å². The molecule has 0 bridgehead atoms. The van der Waals surface area contributed by atoms with Gasteiger partial charge in [0.25, 0.3) is 0 Å². The van der Waals surface area contributed by atoms with Crippen molar-refractivity contribution in [2.24, 2.45) is 5.41 Å². The van der Waals surface area contributed by atoms with Gasteiger partial charge in [0.15, 0.2) is 0 Å². The fourth-order valence-electron chi connectivity index (χ4n) is 1.01. The summed E-state index contributed by atoms with van der Waals surface area (Å²) < 4.78 is 1.15. The van der Waals surface area contributed by atoms with Gasteiger partial charge in [0.1, 0.15) is 0 Å². The zero-order valence-corrected chi connectivity index (χ0v) is 10.7. The minimum atomic E-state index is 0.249. The van der Waals surface area contributed by atoms with E-state index in [1.54, 1.807) is 6.20 Å². The third kappa shape index (κ3) is 2.90. The molecule has 0 N–H and O–H groups in total. The van der Waals surface area contributed by atoms with Crippen molar-refractivity contribution in [1.29, 1.82) is 0 Å². The van der Waals surface area contributed by atoms with E-state index in [2.05, 4.69) is 66.5 Å². The summed E-state index contributed by atoms with van der Waals surface area (Å²) in [7, 11) is 0. The molecule has 1 rings (SSSR count). The zero-order valence-electron chi connectivity index (χ0n) is 8.50. The fourth-order valence-corrected chi connectivity index (χ4v) is 1.46. The summed E-state index contributed by atoms with van der Waals surface area (Å²) >= 11 is 2.26. The zero-order chi connectivity index (χ0) is 10.1. The molecule has 0 aromatic carbocycles. The smallest absolute Gasteiger partial charge is 0.0674 e. The van der Waals surface area contributed by atoms with Crippen LogP contribution in [0.1, 0.15) is 39.3 Å². The molecule has 0 aliphatic heterocycles. The molecule has 1 aromatic rings.